The van der Waals surface area contributed by atoms with Gasteiger partial charge in [0.05, 0.1) is 12.7 Å². The average molecular weight is 310 g/mol. The van der Waals surface area contributed by atoms with Crippen LogP contribution in [-0.2, 0) is 20.0 Å². The number of Topliss-reactive ketones (excluding diaryl/α,β-unsaturated/α-hetero) is 1. The molecule has 23 heavy (non-hydrogen) atoms. The van der Waals surface area contributed by atoms with Gasteiger partial charge in [-0.25, -0.2) is 4.98 Å². The quantitative estimate of drug-likeness (QED) is 0.676. The minimum absolute atomic E-state index is 0.0240. The second-order valence-electron chi connectivity index (χ2n) is 5.55. The Labute approximate surface area is 133 Å². The Morgan fingerprint density at radius 2 is 1.96 bits per heavy atom. The summed E-state index contributed by atoms with van der Waals surface area (Å²) in [6, 6.07) is 7.55. The van der Waals surface area contributed by atoms with E-state index in [1.54, 1.807) is 7.05 Å². The van der Waals surface area contributed by atoms with E-state index in [1.807, 2.05) is 24.3 Å². The van der Waals surface area contributed by atoms with Crippen molar-refractivity contribution < 1.29 is 4.79 Å². The molecule has 3 rings (SSSR count). The first-order valence-electron chi connectivity index (χ1n) is 7.59. The summed E-state index contributed by atoms with van der Waals surface area (Å²) in [6.45, 7) is 2.09. The van der Waals surface area contributed by atoms with Crippen LogP contribution in [0.25, 0.3) is 11.0 Å². The van der Waals surface area contributed by atoms with Crippen molar-refractivity contribution >= 4 is 16.8 Å². The molecule has 0 fully saturated rings. The third-order valence-electron chi connectivity index (χ3n) is 3.85. The number of nitrogens with zero attached hydrogens (tertiary/aromatic N) is 4. The maximum atomic E-state index is 12.4. The SMILES string of the molecule is CCCc1ccc(C(=O)Cn2cnc3c(cnn3C)c2=O)cc1. The Kier molecular flexibility index (Phi) is 4.06. The van der Waals surface area contributed by atoms with Crippen molar-refractivity contribution in [2.45, 2.75) is 26.3 Å². The molecule has 0 aliphatic heterocycles. The summed E-state index contributed by atoms with van der Waals surface area (Å²) in [7, 11) is 1.72. The second kappa shape index (κ2) is 6.16. The van der Waals surface area contributed by atoms with Crippen LogP contribution in [0, 0.1) is 0 Å². The van der Waals surface area contributed by atoms with Crippen molar-refractivity contribution in [2.24, 2.45) is 7.05 Å². The fourth-order valence-electron chi connectivity index (χ4n) is 2.57. The van der Waals surface area contributed by atoms with E-state index >= 15 is 0 Å². The number of hydrogen-bond donors (Lipinski definition) is 0. The van der Waals surface area contributed by atoms with Crippen LogP contribution in [0.1, 0.15) is 29.3 Å². The van der Waals surface area contributed by atoms with Crippen molar-refractivity contribution in [1.29, 1.82) is 0 Å². The number of carbonyl (C=O) groups excluding carboxylic acids is 1. The van der Waals surface area contributed by atoms with Gasteiger partial charge in [-0.15, -0.1) is 0 Å². The van der Waals surface area contributed by atoms with Crippen molar-refractivity contribution in [3.05, 3.63) is 58.3 Å². The predicted molar refractivity (Wildman–Crippen MR) is 87.5 cm³/mol. The van der Waals surface area contributed by atoms with E-state index in [1.165, 1.54) is 27.3 Å². The predicted octanol–water partition coefficient (Wildman–Crippen LogP) is 1.97. The molecule has 0 aliphatic rings. The molecule has 6 heteroatoms. The van der Waals surface area contributed by atoms with E-state index in [9.17, 15) is 9.59 Å². The number of hydrogen-bond acceptors (Lipinski definition) is 4. The average Bonchev–Trinajstić information content (AvgIpc) is 2.93. The van der Waals surface area contributed by atoms with Gasteiger partial charge >= 0.3 is 0 Å². The molecule has 0 amide bonds. The summed E-state index contributed by atoms with van der Waals surface area (Å²) >= 11 is 0. The smallest absolute Gasteiger partial charge is 0.264 e. The van der Waals surface area contributed by atoms with Crippen molar-refractivity contribution in [3.8, 4) is 0 Å². The number of benzene rings is 1. The molecule has 0 saturated carbocycles. The zero-order valence-electron chi connectivity index (χ0n) is 13.2. The fourth-order valence-corrected chi connectivity index (χ4v) is 2.57. The maximum absolute atomic E-state index is 12.4. The summed E-state index contributed by atoms with van der Waals surface area (Å²) < 4.78 is 2.86. The lowest BCUT2D eigenvalue weighted by Gasteiger charge is -2.06. The number of fused-ring (bicyclic) bond motifs is 1. The zero-order valence-corrected chi connectivity index (χ0v) is 13.2. The molecule has 0 unspecified atom stereocenters. The van der Waals surface area contributed by atoms with E-state index in [0.717, 1.165) is 12.8 Å². The molecule has 3 aromatic rings. The first-order chi connectivity index (χ1) is 11.1. The van der Waals surface area contributed by atoms with E-state index in [-0.39, 0.29) is 17.9 Å². The molecule has 6 nitrogen and oxygen atoms in total. The normalized spacial score (nSPS) is 11.0. The van der Waals surface area contributed by atoms with Crippen LogP contribution in [0.15, 0.2) is 41.6 Å². The molecule has 0 radical (unpaired) electrons. The summed E-state index contributed by atoms with van der Waals surface area (Å²) in [5.41, 5.74) is 2.07. The lowest BCUT2D eigenvalue weighted by molar-refractivity contribution is 0.0970. The lowest BCUT2D eigenvalue weighted by atomic mass is 10.1. The van der Waals surface area contributed by atoms with Crippen LogP contribution in [0.3, 0.4) is 0 Å². The van der Waals surface area contributed by atoms with Crippen LogP contribution >= 0.6 is 0 Å². The number of carbonyl (C=O) groups is 1. The maximum Gasteiger partial charge on any atom is 0.264 e. The Hall–Kier alpha value is -2.76. The van der Waals surface area contributed by atoms with Gasteiger partial charge in [-0.3, -0.25) is 18.8 Å². The summed E-state index contributed by atoms with van der Waals surface area (Å²) in [4.78, 5) is 28.9. The zero-order chi connectivity index (χ0) is 16.4. The first kappa shape index (κ1) is 15.1. The third-order valence-corrected chi connectivity index (χ3v) is 3.85. The topological polar surface area (TPSA) is 69.8 Å². The van der Waals surface area contributed by atoms with E-state index in [0.29, 0.717) is 16.6 Å². The molecule has 0 bridgehead atoms. The number of aryl methyl sites for hydroxylation is 2. The minimum Gasteiger partial charge on any atom is -0.292 e. The Bertz CT molecular complexity index is 906. The largest absolute Gasteiger partial charge is 0.292 e. The molecule has 2 heterocycles. The van der Waals surface area contributed by atoms with Gasteiger partial charge in [-0.1, -0.05) is 37.6 Å². The first-order valence-corrected chi connectivity index (χ1v) is 7.59. The van der Waals surface area contributed by atoms with Gasteiger partial charge < -0.3 is 0 Å². The third kappa shape index (κ3) is 2.92. The summed E-state index contributed by atoms with van der Waals surface area (Å²) in [5.74, 6) is -0.111. The van der Waals surface area contributed by atoms with E-state index < -0.39 is 0 Å². The van der Waals surface area contributed by atoms with Gasteiger partial charge in [-0.05, 0) is 12.0 Å². The van der Waals surface area contributed by atoms with Gasteiger partial charge in [0.2, 0.25) is 0 Å². The highest BCUT2D eigenvalue weighted by Crippen LogP contribution is 2.09. The lowest BCUT2D eigenvalue weighted by Crippen LogP contribution is -2.24. The van der Waals surface area contributed by atoms with Gasteiger partial charge in [0, 0.05) is 12.6 Å². The Balaban J connectivity index is 1.85. The monoisotopic (exact) mass is 310 g/mol. The van der Waals surface area contributed by atoms with Crippen molar-refractivity contribution in [2.75, 3.05) is 0 Å². The molecule has 0 saturated heterocycles. The number of ketones is 1. The molecular formula is C17H18N4O2. The second-order valence-corrected chi connectivity index (χ2v) is 5.55. The van der Waals surface area contributed by atoms with Crippen LogP contribution < -0.4 is 5.56 Å². The van der Waals surface area contributed by atoms with Crippen LogP contribution in [0.5, 0.6) is 0 Å². The Morgan fingerprint density at radius 3 is 2.65 bits per heavy atom. The van der Waals surface area contributed by atoms with Gasteiger partial charge in [0.15, 0.2) is 11.4 Å². The van der Waals surface area contributed by atoms with Gasteiger partial charge in [0.1, 0.15) is 11.7 Å². The van der Waals surface area contributed by atoms with E-state index in [4.69, 9.17) is 0 Å². The highest BCUT2D eigenvalue weighted by atomic mass is 16.1. The van der Waals surface area contributed by atoms with Crippen LogP contribution in [0.2, 0.25) is 0 Å². The molecule has 2 aromatic heterocycles. The van der Waals surface area contributed by atoms with Crippen LogP contribution in [-0.4, -0.2) is 25.1 Å². The molecule has 0 atom stereocenters. The van der Waals surface area contributed by atoms with Crippen molar-refractivity contribution in [1.82, 2.24) is 19.3 Å². The van der Waals surface area contributed by atoms with Crippen molar-refractivity contribution in [3.63, 3.8) is 0 Å². The Morgan fingerprint density at radius 1 is 1.22 bits per heavy atom. The number of rotatable bonds is 5. The molecule has 118 valence electrons. The highest BCUT2D eigenvalue weighted by Gasteiger charge is 2.12. The van der Waals surface area contributed by atoms with E-state index in [2.05, 4.69) is 17.0 Å². The summed E-state index contributed by atoms with van der Waals surface area (Å²) in [6.07, 6.45) is 4.94. The summed E-state index contributed by atoms with van der Waals surface area (Å²) in [5, 5.41) is 4.44. The number of aromatic nitrogens is 4. The molecular weight excluding hydrogens is 292 g/mol. The fraction of sp³-hybridized carbons (Fsp3) is 0.294. The van der Waals surface area contributed by atoms with Crippen LogP contribution in [0.4, 0.5) is 0 Å². The minimum atomic E-state index is -0.251. The van der Waals surface area contributed by atoms with Gasteiger partial charge in [-0.2, -0.15) is 5.10 Å². The molecule has 0 spiro atoms. The molecule has 0 N–H and O–H groups in total. The van der Waals surface area contributed by atoms with Gasteiger partial charge in [0.25, 0.3) is 5.56 Å². The highest BCUT2D eigenvalue weighted by molar-refractivity contribution is 5.96. The molecule has 1 aromatic carbocycles. The molecule has 0 aliphatic carbocycles. The standard InChI is InChI=1S/C17H18N4O2/c1-3-4-12-5-7-13(8-6-12)15(22)10-21-11-18-16-14(17(21)23)9-19-20(16)2/h5-9,11H,3-4,10H2,1-2H3.